The van der Waals surface area contributed by atoms with E-state index in [1.165, 1.54) is 0 Å². The topological polar surface area (TPSA) is 84.5 Å². The summed E-state index contributed by atoms with van der Waals surface area (Å²) in [5.41, 5.74) is 2.26. The van der Waals surface area contributed by atoms with Gasteiger partial charge in [0, 0.05) is 20.1 Å². The zero-order valence-corrected chi connectivity index (χ0v) is 16.2. The smallest absolute Gasteiger partial charge is 0.249 e. The molecule has 0 aliphatic carbocycles. The first-order valence-electron chi connectivity index (χ1n) is 8.34. The Morgan fingerprint density at radius 3 is 2.68 bits per heavy atom. The minimum absolute atomic E-state index is 0.184. The highest BCUT2D eigenvalue weighted by Crippen LogP contribution is 2.37. The van der Waals surface area contributed by atoms with E-state index >= 15 is 0 Å². The molecule has 0 N–H and O–H groups in total. The van der Waals surface area contributed by atoms with E-state index in [0.29, 0.717) is 18.0 Å². The Morgan fingerprint density at radius 1 is 1.36 bits per heavy atom. The fraction of sp³-hybridized carbons (Fsp3) is 0.625. The van der Waals surface area contributed by atoms with Crippen LogP contribution in [0.25, 0.3) is 0 Å². The summed E-state index contributed by atoms with van der Waals surface area (Å²) in [5, 5.41) is 8.38. The fourth-order valence-corrected chi connectivity index (χ4v) is 5.41. The van der Waals surface area contributed by atoms with Crippen molar-refractivity contribution in [3.63, 3.8) is 0 Å². The van der Waals surface area contributed by atoms with Crippen molar-refractivity contribution in [2.24, 2.45) is 7.05 Å². The van der Waals surface area contributed by atoms with Crippen molar-refractivity contribution in [2.75, 3.05) is 20.6 Å². The molecule has 1 saturated heterocycles. The zero-order chi connectivity index (χ0) is 18.4. The summed E-state index contributed by atoms with van der Waals surface area (Å²) in [6.07, 6.45) is 1.58. The van der Waals surface area contributed by atoms with E-state index < -0.39 is 10.0 Å². The van der Waals surface area contributed by atoms with Crippen LogP contribution in [0.1, 0.15) is 41.7 Å². The fourth-order valence-electron chi connectivity index (χ4n) is 3.45. The van der Waals surface area contributed by atoms with Gasteiger partial charge in [0.05, 0.1) is 17.4 Å². The maximum absolute atomic E-state index is 13.2. The Labute approximate surface area is 148 Å². The summed E-state index contributed by atoms with van der Waals surface area (Å²) >= 11 is 0. The first-order chi connectivity index (χ1) is 11.7. The number of hydrogen-bond donors (Lipinski definition) is 0. The molecule has 0 radical (unpaired) electrons. The lowest BCUT2D eigenvalue weighted by molar-refractivity contribution is 0.379. The van der Waals surface area contributed by atoms with Crippen LogP contribution in [0.4, 0.5) is 0 Å². The van der Waals surface area contributed by atoms with Crippen molar-refractivity contribution in [3.8, 4) is 0 Å². The first-order valence-corrected chi connectivity index (χ1v) is 9.78. The van der Waals surface area contributed by atoms with Crippen molar-refractivity contribution in [1.82, 2.24) is 24.1 Å². The maximum Gasteiger partial charge on any atom is 0.249 e. The molecule has 0 aromatic carbocycles. The van der Waals surface area contributed by atoms with E-state index in [-0.39, 0.29) is 10.9 Å². The highest BCUT2D eigenvalue weighted by atomic mass is 32.2. The average molecular weight is 367 g/mol. The van der Waals surface area contributed by atoms with Gasteiger partial charge < -0.3 is 9.42 Å². The van der Waals surface area contributed by atoms with Crippen molar-refractivity contribution in [1.29, 1.82) is 0 Å². The van der Waals surface area contributed by atoms with Gasteiger partial charge in [0.15, 0.2) is 5.76 Å². The minimum Gasteiger partial charge on any atom is -0.360 e. The molecule has 3 heterocycles. The number of aryl methyl sites for hydroxylation is 3. The third-order valence-electron chi connectivity index (χ3n) is 4.55. The summed E-state index contributed by atoms with van der Waals surface area (Å²) in [6, 6.07) is 1.76. The minimum atomic E-state index is -3.66. The van der Waals surface area contributed by atoms with Gasteiger partial charge in [-0.1, -0.05) is 5.16 Å². The summed E-state index contributed by atoms with van der Waals surface area (Å²) in [5.74, 6) is 0.331. The summed E-state index contributed by atoms with van der Waals surface area (Å²) in [7, 11) is 2.22. The SMILES string of the molecule is Cc1noc(C)c1S(=O)(=O)N1CCC[C@H]1c1cc(CN(C)C)n(C)n1. The molecule has 2 aromatic rings. The van der Waals surface area contributed by atoms with Crippen molar-refractivity contribution >= 4 is 10.0 Å². The molecule has 1 fully saturated rings. The van der Waals surface area contributed by atoms with Crippen LogP contribution in [0.3, 0.4) is 0 Å². The van der Waals surface area contributed by atoms with Gasteiger partial charge >= 0.3 is 0 Å². The lowest BCUT2D eigenvalue weighted by atomic mass is 10.1. The van der Waals surface area contributed by atoms with Gasteiger partial charge in [0.2, 0.25) is 10.0 Å². The Hall–Kier alpha value is -1.71. The van der Waals surface area contributed by atoms with Gasteiger partial charge in [-0.3, -0.25) is 4.68 Å². The molecule has 138 valence electrons. The van der Waals surface area contributed by atoms with E-state index in [4.69, 9.17) is 4.52 Å². The van der Waals surface area contributed by atoms with Crippen LogP contribution in [0.5, 0.6) is 0 Å². The Morgan fingerprint density at radius 2 is 2.08 bits per heavy atom. The second-order valence-electron chi connectivity index (χ2n) is 6.85. The largest absolute Gasteiger partial charge is 0.360 e. The summed E-state index contributed by atoms with van der Waals surface area (Å²) in [4.78, 5) is 2.25. The quantitative estimate of drug-likeness (QED) is 0.798. The molecule has 0 spiro atoms. The first kappa shape index (κ1) is 18.1. The van der Waals surface area contributed by atoms with Crippen LogP contribution in [0.15, 0.2) is 15.5 Å². The Balaban J connectivity index is 1.96. The molecule has 8 nitrogen and oxygen atoms in total. The second-order valence-corrected chi connectivity index (χ2v) is 8.68. The van der Waals surface area contributed by atoms with Crippen LogP contribution in [-0.2, 0) is 23.6 Å². The number of rotatable bonds is 5. The molecule has 0 amide bonds. The highest BCUT2D eigenvalue weighted by molar-refractivity contribution is 7.89. The third-order valence-corrected chi connectivity index (χ3v) is 6.71. The van der Waals surface area contributed by atoms with Crippen molar-refractivity contribution in [3.05, 3.63) is 28.9 Å². The molecule has 9 heteroatoms. The Kier molecular flexibility index (Phi) is 4.74. The lowest BCUT2D eigenvalue weighted by Gasteiger charge is -2.22. The van der Waals surface area contributed by atoms with Gasteiger partial charge in [-0.2, -0.15) is 9.40 Å². The maximum atomic E-state index is 13.2. The van der Waals surface area contributed by atoms with Gasteiger partial charge in [0.1, 0.15) is 10.6 Å². The lowest BCUT2D eigenvalue weighted by Crippen LogP contribution is -2.31. The van der Waals surface area contributed by atoms with Crippen LogP contribution in [-0.4, -0.2) is 53.2 Å². The molecule has 1 aliphatic rings. The van der Waals surface area contributed by atoms with Crippen LogP contribution >= 0.6 is 0 Å². The monoisotopic (exact) mass is 367 g/mol. The summed E-state index contributed by atoms with van der Waals surface area (Å²) < 4.78 is 34.8. The van der Waals surface area contributed by atoms with E-state index in [0.717, 1.165) is 30.8 Å². The molecule has 0 saturated carbocycles. The number of aromatic nitrogens is 3. The third kappa shape index (κ3) is 3.23. The van der Waals surface area contributed by atoms with Gasteiger partial charge in [-0.25, -0.2) is 8.42 Å². The van der Waals surface area contributed by atoms with Crippen molar-refractivity contribution < 1.29 is 12.9 Å². The molecule has 1 aliphatic heterocycles. The molecule has 25 heavy (non-hydrogen) atoms. The van der Waals surface area contributed by atoms with Gasteiger partial charge in [-0.15, -0.1) is 0 Å². The molecule has 1 atom stereocenters. The molecule has 0 bridgehead atoms. The molecule has 0 unspecified atom stereocenters. The highest BCUT2D eigenvalue weighted by Gasteiger charge is 2.40. The Bertz CT molecular complexity index is 849. The van der Waals surface area contributed by atoms with E-state index in [9.17, 15) is 8.42 Å². The molecule has 3 rings (SSSR count). The van der Waals surface area contributed by atoms with Gasteiger partial charge in [0.25, 0.3) is 0 Å². The molecular formula is C16H25N5O3S. The molecule has 2 aromatic heterocycles. The normalized spacial score (nSPS) is 19.2. The van der Waals surface area contributed by atoms with Gasteiger partial charge in [-0.05, 0) is 46.9 Å². The number of nitrogens with zero attached hydrogens (tertiary/aromatic N) is 5. The zero-order valence-electron chi connectivity index (χ0n) is 15.4. The van der Waals surface area contributed by atoms with Crippen molar-refractivity contribution in [2.45, 2.75) is 44.2 Å². The second kappa shape index (κ2) is 6.54. The van der Waals surface area contributed by atoms with E-state index in [2.05, 4.69) is 15.2 Å². The summed E-state index contributed by atoms with van der Waals surface area (Å²) in [6.45, 7) is 4.53. The van der Waals surface area contributed by atoms with Crippen LogP contribution in [0.2, 0.25) is 0 Å². The standard InChI is InChI=1S/C16H25N5O3S/c1-11-16(12(2)24-18-11)25(22,23)21-8-6-7-15(21)14-9-13(10-19(3)4)20(5)17-14/h9,15H,6-8,10H2,1-5H3/t15-/m0/s1. The predicted octanol–water partition coefficient (Wildman–Crippen LogP) is 1.61. The van der Waals surface area contributed by atoms with Crippen LogP contribution < -0.4 is 0 Å². The van der Waals surface area contributed by atoms with Crippen LogP contribution in [0, 0.1) is 13.8 Å². The van der Waals surface area contributed by atoms with E-state index in [1.807, 2.05) is 31.9 Å². The average Bonchev–Trinajstić information content (AvgIpc) is 3.19. The molecular weight excluding hydrogens is 342 g/mol. The number of hydrogen-bond acceptors (Lipinski definition) is 6. The van der Waals surface area contributed by atoms with E-state index in [1.54, 1.807) is 18.2 Å². The predicted molar refractivity (Wildman–Crippen MR) is 92.4 cm³/mol. The number of sulfonamides is 1.